The van der Waals surface area contributed by atoms with Crippen molar-refractivity contribution in [2.45, 2.75) is 6.92 Å². The van der Waals surface area contributed by atoms with Crippen LogP contribution >= 0.6 is 22.6 Å². The molecule has 14 heavy (non-hydrogen) atoms. The zero-order valence-corrected chi connectivity index (χ0v) is 9.58. The highest BCUT2D eigenvalue weighted by Crippen LogP contribution is 2.22. The van der Waals surface area contributed by atoms with Gasteiger partial charge in [0.15, 0.2) is 0 Å². The van der Waals surface area contributed by atoms with E-state index in [0.717, 1.165) is 9.33 Å². The highest BCUT2D eigenvalue weighted by atomic mass is 127. The van der Waals surface area contributed by atoms with Crippen LogP contribution in [-0.2, 0) is 0 Å². The zero-order chi connectivity index (χ0) is 10.1. The molecule has 72 valence electrons. The van der Waals surface area contributed by atoms with Crippen molar-refractivity contribution in [2.24, 2.45) is 0 Å². The molecule has 2 rings (SSSR count). The van der Waals surface area contributed by atoms with Crippen LogP contribution in [0.3, 0.4) is 0 Å². The number of rotatable bonds is 1. The minimum Gasteiger partial charge on any atom is -0.441 e. The number of hydrogen-bond acceptors (Lipinski definition) is 2. The Balaban J connectivity index is 2.51. The summed E-state index contributed by atoms with van der Waals surface area (Å²) < 4.78 is 19.2. The Hall–Kier alpha value is -0.910. The predicted octanol–water partition coefficient (Wildman–Crippen LogP) is 3.39. The third-order valence-electron chi connectivity index (χ3n) is 1.73. The lowest BCUT2D eigenvalue weighted by Crippen LogP contribution is -1.82. The molecule has 2 nitrogen and oxygen atoms in total. The van der Waals surface area contributed by atoms with E-state index >= 15 is 0 Å². The molecular formula is C10H7FINO. The summed E-state index contributed by atoms with van der Waals surface area (Å²) in [5, 5.41) is 0. The maximum absolute atomic E-state index is 13.0. The highest BCUT2D eigenvalue weighted by Gasteiger charge is 2.06. The quantitative estimate of drug-likeness (QED) is 0.755. The molecule has 4 heteroatoms. The van der Waals surface area contributed by atoms with Gasteiger partial charge in [0.25, 0.3) is 0 Å². The van der Waals surface area contributed by atoms with Gasteiger partial charge in [-0.3, -0.25) is 0 Å². The normalized spacial score (nSPS) is 10.5. The van der Waals surface area contributed by atoms with Gasteiger partial charge in [0.2, 0.25) is 5.89 Å². The number of oxazole rings is 1. The topological polar surface area (TPSA) is 26.0 Å². The molecule has 0 spiro atoms. The Morgan fingerprint density at radius 1 is 1.36 bits per heavy atom. The van der Waals surface area contributed by atoms with Crippen molar-refractivity contribution in [3.63, 3.8) is 0 Å². The van der Waals surface area contributed by atoms with Gasteiger partial charge in [-0.25, -0.2) is 9.37 Å². The lowest BCUT2D eigenvalue weighted by molar-refractivity contribution is 0.541. The molecular weight excluding hydrogens is 296 g/mol. The number of aromatic nitrogens is 1. The summed E-state index contributed by atoms with van der Waals surface area (Å²) in [5.41, 5.74) is 0.669. The zero-order valence-electron chi connectivity index (χ0n) is 7.42. The highest BCUT2D eigenvalue weighted by molar-refractivity contribution is 14.1. The monoisotopic (exact) mass is 303 g/mol. The molecule has 1 aromatic heterocycles. The summed E-state index contributed by atoms with van der Waals surface area (Å²) in [6.07, 6.45) is 1.62. The molecule has 0 aliphatic rings. The molecule has 0 amide bonds. The standard InChI is InChI=1S/C10H7FINO/c1-6-5-13-10(14-6)7-2-8(11)4-9(12)3-7/h2-5H,1H3. The van der Waals surface area contributed by atoms with Gasteiger partial charge in [-0.15, -0.1) is 0 Å². The summed E-state index contributed by atoms with van der Waals surface area (Å²) in [4.78, 5) is 4.03. The molecule has 0 bridgehead atoms. The van der Waals surface area contributed by atoms with Crippen molar-refractivity contribution in [1.82, 2.24) is 4.98 Å². The first-order valence-corrected chi connectivity index (χ1v) is 5.12. The Kier molecular flexibility index (Phi) is 2.54. The lowest BCUT2D eigenvalue weighted by Gasteiger charge is -1.97. The van der Waals surface area contributed by atoms with Gasteiger partial charge in [-0.05, 0) is 47.7 Å². The van der Waals surface area contributed by atoms with Crippen molar-refractivity contribution >= 4 is 22.6 Å². The van der Waals surface area contributed by atoms with E-state index in [2.05, 4.69) is 27.6 Å². The van der Waals surface area contributed by atoms with E-state index in [-0.39, 0.29) is 5.82 Å². The molecule has 0 fully saturated rings. The summed E-state index contributed by atoms with van der Waals surface area (Å²) >= 11 is 2.06. The van der Waals surface area contributed by atoms with E-state index < -0.39 is 0 Å². The molecule has 0 atom stereocenters. The second-order valence-corrected chi connectivity index (χ2v) is 4.18. The van der Waals surface area contributed by atoms with Crippen molar-refractivity contribution < 1.29 is 8.81 Å². The molecule has 0 radical (unpaired) electrons. The van der Waals surface area contributed by atoms with Gasteiger partial charge in [0.05, 0.1) is 6.20 Å². The van der Waals surface area contributed by atoms with Crippen LogP contribution in [0, 0.1) is 16.3 Å². The van der Waals surface area contributed by atoms with Crippen LogP contribution in [0.2, 0.25) is 0 Å². The van der Waals surface area contributed by atoms with Crippen LogP contribution < -0.4 is 0 Å². The average molecular weight is 303 g/mol. The van der Waals surface area contributed by atoms with Gasteiger partial charge >= 0.3 is 0 Å². The summed E-state index contributed by atoms with van der Waals surface area (Å²) in [7, 11) is 0. The number of halogens is 2. The Morgan fingerprint density at radius 2 is 2.14 bits per heavy atom. The number of aryl methyl sites for hydroxylation is 1. The Labute approximate surface area is 94.3 Å². The fourth-order valence-electron chi connectivity index (χ4n) is 1.17. The Morgan fingerprint density at radius 3 is 2.71 bits per heavy atom. The summed E-state index contributed by atoms with van der Waals surface area (Å²) in [5.74, 6) is 0.905. The second-order valence-electron chi connectivity index (χ2n) is 2.93. The molecule has 1 heterocycles. The summed E-state index contributed by atoms with van der Waals surface area (Å²) in [6.45, 7) is 1.81. The van der Waals surface area contributed by atoms with E-state index in [1.807, 2.05) is 6.07 Å². The molecule has 1 aromatic carbocycles. The minimum atomic E-state index is -0.275. The van der Waals surface area contributed by atoms with Crippen LogP contribution in [0.25, 0.3) is 11.5 Å². The van der Waals surface area contributed by atoms with Gasteiger partial charge < -0.3 is 4.42 Å². The summed E-state index contributed by atoms with van der Waals surface area (Å²) in [6, 6.07) is 4.70. The first-order valence-electron chi connectivity index (χ1n) is 4.04. The lowest BCUT2D eigenvalue weighted by atomic mass is 10.2. The van der Waals surface area contributed by atoms with Crippen molar-refractivity contribution in [3.8, 4) is 11.5 Å². The van der Waals surface area contributed by atoms with E-state index in [1.54, 1.807) is 13.1 Å². The molecule has 0 N–H and O–H groups in total. The van der Waals surface area contributed by atoms with Crippen LogP contribution in [0.4, 0.5) is 4.39 Å². The fourth-order valence-corrected chi connectivity index (χ4v) is 1.80. The average Bonchev–Trinajstić information content (AvgIpc) is 2.50. The van der Waals surface area contributed by atoms with Crippen LogP contribution in [0.1, 0.15) is 5.76 Å². The molecule has 0 unspecified atom stereocenters. The largest absolute Gasteiger partial charge is 0.441 e. The van der Waals surface area contributed by atoms with Gasteiger partial charge in [0.1, 0.15) is 11.6 Å². The number of nitrogens with zero attached hydrogens (tertiary/aromatic N) is 1. The molecule has 0 saturated heterocycles. The fraction of sp³-hybridized carbons (Fsp3) is 0.100. The third kappa shape index (κ3) is 1.95. The van der Waals surface area contributed by atoms with Crippen molar-refractivity contribution in [1.29, 1.82) is 0 Å². The van der Waals surface area contributed by atoms with Crippen LogP contribution in [-0.4, -0.2) is 4.98 Å². The van der Waals surface area contributed by atoms with Crippen molar-refractivity contribution in [3.05, 3.63) is 39.5 Å². The van der Waals surface area contributed by atoms with Gasteiger partial charge in [-0.2, -0.15) is 0 Å². The number of hydrogen-bond donors (Lipinski definition) is 0. The van der Waals surface area contributed by atoms with Crippen LogP contribution in [0.15, 0.2) is 28.8 Å². The smallest absolute Gasteiger partial charge is 0.226 e. The van der Waals surface area contributed by atoms with Gasteiger partial charge in [-0.1, -0.05) is 0 Å². The van der Waals surface area contributed by atoms with E-state index in [0.29, 0.717) is 11.5 Å². The first-order chi connectivity index (χ1) is 6.65. The van der Waals surface area contributed by atoms with E-state index in [4.69, 9.17) is 4.42 Å². The maximum atomic E-state index is 13.0. The van der Waals surface area contributed by atoms with E-state index in [9.17, 15) is 4.39 Å². The number of benzene rings is 1. The molecule has 0 aliphatic heterocycles. The second kappa shape index (κ2) is 3.68. The molecule has 0 saturated carbocycles. The third-order valence-corrected chi connectivity index (χ3v) is 2.35. The molecule has 0 aliphatic carbocycles. The van der Waals surface area contributed by atoms with Crippen LogP contribution in [0.5, 0.6) is 0 Å². The van der Waals surface area contributed by atoms with Crippen molar-refractivity contribution in [2.75, 3.05) is 0 Å². The SMILES string of the molecule is Cc1cnc(-c2cc(F)cc(I)c2)o1. The minimum absolute atomic E-state index is 0.275. The Bertz CT molecular complexity index is 447. The predicted molar refractivity (Wildman–Crippen MR) is 59.4 cm³/mol. The molecule has 2 aromatic rings. The first kappa shape index (κ1) is 9.64. The van der Waals surface area contributed by atoms with E-state index in [1.165, 1.54) is 12.1 Å². The maximum Gasteiger partial charge on any atom is 0.226 e. The van der Waals surface area contributed by atoms with Gasteiger partial charge in [0, 0.05) is 9.13 Å².